The lowest BCUT2D eigenvalue weighted by Crippen LogP contribution is -1.81. The molecule has 0 fully saturated rings. The van der Waals surface area contributed by atoms with Crippen LogP contribution >= 0.6 is 0 Å². The summed E-state index contributed by atoms with van der Waals surface area (Å²) in [4.78, 5) is 0. The summed E-state index contributed by atoms with van der Waals surface area (Å²) in [7, 11) is 0. The largest absolute Gasteiger partial charge is 0.457 e. The molecule has 0 radical (unpaired) electrons. The first-order chi connectivity index (χ1) is 10.4. The van der Waals surface area contributed by atoms with Gasteiger partial charge in [-0.3, -0.25) is 0 Å². The van der Waals surface area contributed by atoms with Crippen molar-refractivity contribution in [1.29, 1.82) is 0 Å². The van der Waals surface area contributed by atoms with Gasteiger partial charge < -0.3 is 4.74 Å². The minimum Gasteiger partial charge on any atom is -0.457 e. The fourth-order valence-electron chi connectivity index (χ4n) is 1.11. The Bertz CT molecular complexity index is 420. The molecule has 0 saturated carbocycles. The molecule has 0 aliphatic rings. The molecule has 21 heavy (non-hydrogen) atoms. The molecule has 1 nitrogen and oxygen atoms in total. The van der Waals surface area contributed by atoms with Crippen molar-refractivity contribution in [1.82, 2.24) is 0 Å². The smallest absolute Gasteiger partial charge is 0.127 e. The first-order valence-electron chi connectivity index (χ1n) is 7.48. The lowest BCUT2D eigenvalue weighted by molar-refractivity contribution is 0.482. The van der Waals surface area contributed by atoms with Gasteiger partial charge in [-0.1, -0.05) is 64.1 Å². The molecule has 0 unspecified atom stereocenters. The fourth-order valence-corrected chi connectivity index (χ4v) is 1.11. The Kier molecular flexibility index (Phi) is 17.9. The minimum atomic E-state index is 0.869. The Morgan fingerprint density at radius 2 is 0.857 bits per heavy atom. The van der Waals surface area contributed by atoms with E-state index in [0.29, 0.717) is 0 Å². The number of hydrogen-bond donors (Lipinski definition) is 0. The molecule has 0 bridgehead atoms. The van der Waals surface area contributed by atoms with Crippen molar-refractivity contribution >= 4 is 0 Å². The second-order valence-electron chi connectivity index (χ2n) is 3.23. The Balaban J connectivity index is 0. The van der Waals surface area contributed by atoms with Gasteiger partial charge in [0, 0.05) is 0 Å². The predicted molar refractivity (Wildman–Crippen MR) is 94.8 cm³/mol. The highest BCUT2D eigenvalue weighted by Gasteiger charge is 1.92. The molecular formula is C20H28O. The summed E-state index contributed by atoms with van der Waals surface area (Å²) < 4.78 is 5.58. The van der Waals surface area contributed by atoms with Gasteiger partial charge in [0.15, 0.2) is 0 Å². The van der Waals surface area contributed by atoms with Gasteiger partial charge in [0.05, 0.1) is 0 Å². The third kappa shape index (κ3) is 12.6. The van der Waals surface area contributed by atoms with Crippen molar-refractivity contribution in [2.24, 2.45) is 0 Å². The Labute approximate surface area is 131 Å². The van der Waals surface area contributed by atoms with E-state index in [1.165, 1.54) is 0 Å². The van der Waals surface area contributed by atoms with Gasteiger partial charge in [-0.15, -0.1) is 11.8 Å². The summed E-state index contributed by atoms with van der Waals surface area (Å²) in [5.74, 6) is 7.10. The van der Waals surface area contributed by atoms with Crippen LogP contribution in [0.5, 0.6) is 11.5 Å². The Morgan fingerprint density at radius 1 is 0.571 bits per heavy atom. The zero-order chi connectivity index (χ0) is 16.3. The van der Waals surface area contributed by atoms with Gasteiger partial charge in [0.2, 0.25) is 0 Å². The van der Waals surface area contributed by atoms with Crippen LogP contribution in [0.25, 0.3) is 0 Å². The number of ether oxygens (including phenoxy) is 1. The first kappa shape index (κ1) is 21.1. The predicted octanol–water partition coefficient (Wildman–Crippen LogP) is 6.56. The number of benzene rings is 2. The molecule has 0 N–H and O–H groups in total. The van der Waals surface area contributed by atoms with E-state index >= 15 is 0 Å². The second-order valence-corrected chi connectivity index (χ2v) is 3.23. The van der Waals surface area contributed by atoms with Gasteiger partial charge in [-0.25, -0.2) is 0 Å². The van der Waals surface area contributed by atoms with Gasteiger partial charge in [0.25, 0.3) is 0 Å². The van der Waals surface area contributed by atoms with Gasteiger partial charge in [-0.05, 0) is 38.1 Å². The lowest BCUT2D eigenvalue weighted by Gasteiger charge is -2.03. The highest BCUT2D eigenvalue weighted by molar-refractivity contribution is 5.30. The lowest BCUT2D eigenvalue weighted by atomic mass is 10.3. The van der Waals surface area contributed by atoms with E-state index in [1.54, 1.807) is 0 Å². The van der Waals surface area contributed by atoms with Crippen LogP contribution < -0.4 is 4.74 Å². The van der Waals surface area contributed by atoms with E-state index in [0.717, 1.165) is 11.5 Å². The number of para-hydroxylation sites is 2. The molecular weight excluding hydrogens is 256 g/mol. The summed E-state index contributed by atoms with van der Waals surface area (Å²) in [6, 6.07) is 19.5. The van der Waals surface area contributed by atoms with E-state index in [2.05, 4.69) is 11.8 Å². The molecule has 114 valence electrons. The van der Waals surface area contributed by atoms with Crippen molar-refractivity contribution in [3.8, 4) is 23.3 Å². The summed E-state index contributed by atoms with van der Waals surface area (Å²) in [6.45, 7) is 11.6. The number of hydrogen-bond acceptors (Lipinski definition) is 1. The van der Waals surface area contributed by atoms with Crippen molar-refractivity contribution in [3.05, 3.63) is 60.7 Å². The van der Waals surface area contributed by atoms with Crippen LogP contribution in [0.2, 0.25) is 0 Å². The monoisotopic (exact) mass is 284 g/mol. The van der Waals surface area contributed by atoms with E-state index < -0.39 is 0 Å². The minimum absolute atomic E-state index is 0.869. The van der Waals surface area contributed by atoms with E-state index in [-0.39, 0.29) is 0 Å². The highest BCUT2D eigenvalue weighted by Crippen LogP contribution is 2.19. The van der Waals surface area contributed by atoms with Crippen LogP contribution in [-0.4, -0.2) is 0 Å². The molecule has 0 spiro atoms. The maximum absolute atomic E-state index is 5.58. The second kappa shape index (κ2) is 17.8. The Morgan fingerprint density at radius 3 is 1.10 bits per heavy atom. The Hall–Kier alpha value is -2.20. The summed E-state index contributed by atoms with van der Waals surface area (Å²) in [6.07, 6.45) is 0. The quantitative estimate of drug-likeness (QED) is 0.567. The van der Waals surface area contributed by atoms with Crippen molar-refractivity contribution in [2.75, 3.05) is 0 Å². The zero-order valence-electron chi connectivity index (χ0n) is 14.2. The molecule has 0 atom stereocenters. The van der Waals surface area contributed by atoms with Crippen LogP contribution in [0.15, 0.2) is 60.7 Å². The zero-order valence-corrected chi connectivity index (χ0v) is 14.2. The molecule has 0 saturated heterocycles. The van der Waals surface area contributed by atoms with E-state index in [1.807, 2.05) is 102 Å². The number of rotatable bonds is 2. The summed E-state index contributed by atoms with van der Waals surface area (Å²) in [5, 5.41) is 0. The molecule has 0 aliphatic carbocycles. The maximum atomic E-state index is 5.58. The average Bonchev–Trinajstić information content (AvgIpc) is 2.60. The van der Waals surface area contributed by atoms with Crippen LogP contribution in [0.4, 0.5) is 0 Å². The third-order valence-electron chi connectivity index (χ3n) is 1.97. The van der Waals surface area contributed by atoms with Gasteiger partial charge >= 0.3 is 0 Å². The van der Waals surface area contributed by atoms with Crippen LogP contribution in [0.1, 0.15) is 41.5 Å². The third-order valence-corrected chi connectivity index (χ3v) is 1.97. The van der Waals surface area contributed by atoms with E-state index in [4.69, 9.17) is 4.74 Å². The van der Waals surface area contributed by atoms with Gasteiger partial charge in [0.1, 0.15) is 11.5 Å². The van der Waals surface area contributed by atoms with Crippen molar-refractivity contribution in [2.45, 2.75) is 41.5 Å². The SMILES string of the molecule is CC.CC.CC#CC.c1ccc(Oc2ccccc2)cc1. The molecule has 0 aromatic heterocycles. The molecule has 2 rings (SSSR count). The van der Waals surface area contributed by atoms with Crippen molar-refractivity contribution in [3.63, 3.8) is 0 Å². The van der Waals surface area contributed by atoms with Gasteiger partial charge in [-0.2, -0.15) is 0 Å². The summed E-state index contributed by atoms with van der Waals surface area (Å²) in [5.41, 5.74) is 0. The van der Waals surface area contributed by atoms with Crippen molar-refractivity contribution < 1.29 is 4.74 Å². The first-order valence-corrected chi connectivity index (χ1v) is 7.48. The molecule has 2 aromatic carbocycles. The van der Waals surface area contributed by atoms with Crippen LogP contribution in [0.3, 0.4) is 0 Å². The standard InChI is InChI=1S/C12H10O.C4H6.2C2H6/c1-3-7-11(8-4-1)13-12-9-5-2-6-10-12;1-3-4-2;2*1-2/h1-10H;1-2H3;2*1-2H3. The molecule has 0 aliphatic heterocycles. The maximum Gasteiger partial charge on any atom is 0.127 e. The normalized spacial score (nSPS) is 7.14. The molecule has 0 heterocycles. The highest BCUT2D eigenvalue weighted by atomic mass is 16.5. The van der Waals surface area contributed by atoms with Crippen LogP contribution in [-0.2, 0) is 0 Å². The molecule has 1 heteroatoms. The summed E-state index contributed by atoms with van der Waals surface area (Å²) >= 11 is 0. The topological polar surface area (TPSA) is 9.23 Å². The fraction of sp³-hybridized carbons (Fsp3) is 0.300. The molecule has 2 aromatic rings. The molecule has 0 amide bonds. The van der Waals surface area contributed by atoms with Crippen LogP contribution in [0, 0.1) is 11.8 Å². The van der Waals surface area contributed by atoms with E-state index in [9.17, 15) is 0 Å². The average molecular weight is 284 g/mol.